The molecule has 1 saturated heterocycles. The summed E-state index contributed by atoms with van der Waals surface area (Å²) in [6.07, 6.45) is 3.62. The van der Waals surface area contributed by atoms with Gasteiger partial charge in [-0.25, -0.2) is 4.79 Å². The summed E-state index contributed by atoms with van der Waals surface area (Å²) in [5.74, 6) is 1.37. The zero-order valence-electron chi connectivity index (χ0n) is 12.8. The Morgan fingerprint density at radius 3 is 2.25 bits per heavy atom. The van der Waals surface area contributed by atoms with Crippen molar-refractivity contribution in [1.82, 2.24) is 15.2 Å². The third-order valence-electron chi connectivity index (χ3n) is 4.07. The fraction of sp³-hybridized carbons (Fsp3) is 0.625. The number of pyridine rings is 1. The Morgan fingerprint density at radius 1 is 1.20 bits per heavy atom. The lowest BCUT2D eigenvalue weighted by Crippen LogP contribution is -2.56. The second-order valence-electron chi connectivity index (χ2n) is 6.35. The first kappa shape index (κ1) is 14.8. The van der Waals surface area contributed by atoms with Crippen molar-refractivity contribution in [1.29, 1.82) is 0 Å². The lowest BCUT2D eigenvalue weighted by atomic mass is 9.91. The maximum absolute atomic E-state index is 12.2. The second-order valence-corrected chi connectivity index (χ2v) is 6.35. The van der Waals surface area contributed by atoms with E-state index in [-0.39, 0.29) is 12.1 Å². The highest BCUT2D eigenvalue weighted by atomic mass is 16.2. The van der Waals surface area contributed by atoms with Crippen LogP contribution < -0.4 is 5.32 Å². The molecule has 110 valence electrons. The van der Waals surface area contributed by atoms with E-state index in [1.54, 1.807) is 0 Å². The minimum atomic E-state index is 0.0720. The number of aromatic nitrogens is 1. The molecule has 0 bridgehead atoms. The van der Waals surface area contributed by atoms with Crippen molar-refractivity contribution in [3.8, 4) is 0 Å². The summed E-state index contributed by atoms with van der Waals surface area (Å²) in [4.78, 5) is 18.1. The SMILES string of the molecule is CC(C)C(NC(=O)N1CC(c2ccncc2)C1)C(C)C. The van der Waals surface area contributed by atoms with Crippen molar-refractivity contribution in [3.63, 3.8) is 0 Å². The quantitative estimate of drug-likeness (QED) is 0.918. The van der Waals surface area contributed by atoms with Gasteiger partial charge in [0.15, 0.2) is 0 Å². The third kappa shape index (κ3) is 3.30. The predicted molar refractivity (Wildman–Crippen MR) is 80.5 cm³/mol. The molecule has 1 aliphatic heterocycles. The first-order valence-electron chi connectivity index (χ1n) is 7.44. The van der Waals surface area contributed by atoms with Crippen LogP contribution >= 0.6 is 0 Å². The van der Waals surface area contributed by atoms with Crippen LogP contribution in [0.1, 0.15) is 39.2 Å². The van der Waals surface area contributed by atoms with E-state index in [4.69, 9.17) is 0 Å². The van der Waals surface area contributed by atoms with Crippen molar-refractivity contribution >= 4 is 6.03 Å². The lowest BCUT2D eigenvalue weighted by Gasteiger charge is -2.41. The van der Waals surface area contributed by atoms with Crippen LogP contribution in [0.15, 0.2) is 24.5 Å². The topological polar surface area (TPSA) is 45.2 Å². The molecule has 1 N–H and O–H groups in total. The summed E-state index contributed by atoms with van der Waals surface area (Å²) in [5, 5.41) is 3.16. The normalized spacial score (nSPS) is 15.8. The Bertz CT molecular complexity index is 430. The van der Waals surface area contributed by atoms with E-state index in [1.165, 1.54) is 5.56 Å². The molecule has 1 fully saturated rings. The molecule has 0 saturated carbocycles. The Kier molecular flexibility index (Phi) is 4.63. The maximum Gasteiger partial charge on any atom is 0.317 e. The number of urea groups is 1. The van der Waals surface area contributed by atoms with Crippen molar-refractivity contribution in [2.24, 2.45) is 11.8 Å². The van der Waals surface area contributed by atoms with Gasteiger partial charge in [-0.3, -0.25) is 4.98 Å². The molecule has 2 heterocycles. The molecule has 1 aromatic heterocycles. The molecule has 4 nitrogen and oxygen atoms in total. The van der Waals surface area contributed by atoms with E-state index in [2.05, 4.69) is 38.0 Å². The van der Waals surface area contributed by atoms with Gasteiger partial charge in [-0.15, -0.1) is 0 Å². The average Bonchev–Trinajstić information content (AvgIpc) is 2.34. The van der Waals surface area contributed by atoms with Crippen LogP contribution in [0.3, 0.4) is 0 Å². The number of hydrogen-bond donors (Lipinski definition) is 1. The van der Waals surface area contributed by atoms with Gasteiger partial charge in [-0.2, -0.15) is 0 Å². The standard InChI is InChI=1S/C16H25N3O/c1-11(2)15(12(3)4)18-16(20)19-9-14(10-19)13-5-7-17-8-6-13/h5-8,11-12,14-15H,9-10H2,1-4H3,(H,18,20). The van der Waals surface area contributed by atoms with Crippen LogP contribution in [0.5, 0.6) is 0 Å². The molecule has 0 unspecified atom stereocenters. The summed E-state index contributed by atoms with van der Waals surface area (Å²) in [6, 6.07) is 4.38. The predicted octanol–water partition coefficient (Wildman–Crippen LogP) is 2.87. The van der Waals surface area contributed by atoms with Gasteiger partial charge in [0, 0.05) is 37.4 Å². The summed E-state index contributed by atoms with van der Waals surface area (Å²) in [7, 11) is 0. The van der Waals surface area contributed by atoms with Gasteiger partial charge in [0.05, 0.1) is 0 Å². The Balaban J connectivity index is 1.85. The van der Waals surface area contributed by atoms with Crippen LogP contribution in [0.25, 0.3) is 0 Å². The first-order valence-corrected chi connectivity index (χ1v) is 7.44. The highest BCUT2D eigenvalue weighted by Gasteiger charge is 2.33. The molecule has 0 radical (unpaired) electrons. The highest BCUT2D eigenvalue weighted by molar-refractivity contribution is 5.75. The number of nitrogens with zero attached hydrogens (tertiary/aromatic N) is 2. The van der Waals surface area contributed by atoms with Gasteiger partial charge >= 0.3 is 6.03 Å². The molecule has 2 amide bonds. The molecule has 4 heteroatoms. The molecule has 2 rings (SSSR count). The van der Waals surface area contributed by atoms with Gasteiger partial charge in [-0.1, -0.05) is 27.7 Å². The summed E-state index contributed by atoms with van der Waals surface area (Å²) in [5.41, 5.74) is 1.27. The van der Waals surface area contributed by atoms with Gasteiger partial charge in [0.1, 0.15) is 0 Å². The summed E-state index contributed by atoms with van der Waals surface area (Å²) >= 11 is 0. The lowest BCUT2D eigenvalue weighted by molar-refractivity contribution is 0.141. The monoisotopic (exact) mass is 275 g/mol. The van der Waals surface area contributed by atoms with Gasteiger partial charge in [-0.05, 0) is 29.5 Å². The average molecular weight is 275 g/mol. The van der Waals surface area contributed by atoms with Crippen LogP contribution in [0.2, 0.25) is 0 Å². The molecular weight excluding hydrogens is 250 g/mol. The number of carbonyl (C=O) groups is 1. The smallest absolute Gasteiger partial charge is 0.317 e. The van der Waals surface area contributed by atoms with E-state index in [0.717, 1.165) is 13.1 Å². The third-order valence-corrected chi connectivity index (χ3v) is 4.07. The molecular formula is C16H25N3O. The minimum absolute atomic E-state index is 0.0720. The molecule has 0 aliphatic carbocycles. The van der Waals surface area contributed by atoms with Gasteiger partial charge in [0.2, 0.25) is 0 Å². The molecule has 1 aromatic rings. The molecule has 20 heavy (non-hydrogen) atoms. The number of hydrogen-bond acceptors (Lipinski definition) is 2. The fourth-order valence-corrected chi connectivity index (χ4v) is 2.83. The highest BCUT2D eigenvalue weighted by Crippen LogP contribution is 2.26. The van der Waals surface area contributed by atoms with Crippen molar-refractivity contribution in [2.75, 3.05) is 13.1 Å². The maximum atomic E-state index is 12.2. The molecule has 0 aromatic carbocycles. The van der Waals surface area contributed by atoms with E-state index in [9.17, 15) is 4.79 Å². The number of rotatable bonds is 4. The fourth-order valence-electron chi connectivity index (χ4n) is 2.83. The molecule has 1 aliphatic rings. The largest absolute Gasteiger partial charge is 0.335 e. The minimum Gasteiger partial charge on any atom is -0.335 e. The van der Waals surface area contributed by atoms with Crippen LogP contribution in [-0.2, 0) is 0 Å². The Morgan fingerprint density at radius 2 is 1.75 bits per heavy atom. The molecule has 0 spiro atoms. The Hall–Kier alpha value is -1.58. The number of amides is 2. The van der Waals surface area contributed by atoms with Crippen molar-refractivity contribution < 1.29 is 4.79 Å². The van der Waals surface area contributed by atoms with E-state index in [1.807, 2.05) is 29.4 Å². The van der Waals surface area contributed by atoms with Crippen LogP contribution in [0.4, 0.5) is 4.79 Å². The van der Waals surface area contributed by atoms with E-state index < -0.39 is 0 Å². The summed E-state index contributed by atoms with van der Waals surface area (Å²) in [6.45, 7) is 10.2. The van der Waals surface area contributed by atoms with Crippen molar-refractivity contribution in [2.45, 2.75) is 39.7 Å². The van der Waals surface area contributed by atoms with Crippen LogP contribution in [-0.4, -0.2) is 35.0 Å². The summed E-state index contributed by atoms with van der Waals surface area (Å²) < 4.78 is 0. The van der Waals surface area contributed by atoms with Crippen LogP contribution in [0, 0.1) is 11.8 Å². The molecule has 0 atom stereocenters. The second kappa shape index (κ2) is 6.25. The van der Waals surface area contributed by atoms with Crippen molar-refractivity contribution in [3.05, 3.63) is 30.1 Å². The first-order chi connectivity index (χ1) is 9.49. The zero-order valence-corrected chi connectivity index (χ0v) is 12.8. The Labute approximate surface area is 121 Å². The van der Waals surface area contributed by atoms with Gasteiger partial charge < -0.3 is 10.2 Å². The van der Waals surface area contributed by atoms with E-state index >= 15 is 0 Å². The van der Waals surface area contributed by atoms with Gasteiger partial charge in [0.25, 0.3) is 0 Å². The number of carbonyl (C=O) groups excluding carboxylic acids is 1. The zero-order chi connectivity index (χ0) is 14.7. The number of nitrogens with one attached hydrogen (secondary N) is 1. The number of likely N-dealkylation sites (tertiary alicyclic amines) is 1. The van der Waals surface area contributed by atoms with E-state index in [0.29, 0.717) is 17.8 Å².